The third-order valence-electron chi connectivity index (χ3n) is 5.83. The SMILES string of the molecule is Cc1ccc(C(C)(C)C)cc1/C(O)=C1\C(=O)C(=O)N(CCOC(C)C)C1c1sccc1C. The van der Waals surface area contributed by atoms with Gasteiger partial charge in [-0.05, 0) is 67.3 Å². The highest BCUT2D eigenvalue weighted by molar-refractivity contribution is 7.10. The van der Waals surface area contributed by atoms with Crippen LogP contribution < -0.4 is 0 Å². The van der Waals surface area contributed by atoms with Gasteiger partial charge in [0.15, 0.2) is 0 Å². The lowest BCUT2D eigenvalue weighted by atomic mass is 9.84. The van der Waals surface area contributed by atoms with Gasteiger partial charge >= 0.3 is 0 Å². The number of aryl methyl sites for hydroxylation is 2. The molecule has 2 heterocycles. The predicted molar refractivity (Wildman–Crippen MR) is 129 cm³/mol. The van der Waals surface area contributed by atoms with Gasteiger partial charge in [0.2, 0.25) is 0 Å². The lowest BCUT2D eigenvalue weighted by molar-refractivity contribution is -0.140. The molecule has 6 heteroatoms. The number of amides is 1. The number of likely N-dealkylation sites (tertiary alicyclic amines) is 1. The molecule has 1 saturated heterocycles. The van der Waals surface area contributed by atoms with Gasteiger partial charge in [0.25, 0.3) is 11.7 Å². The van der Waals surface area contributed by atoms with Crippen LogP contribution in [0.2, 0.25) is 0 Å². The maximum Gasteiger partial charge on any atom is 0.295 e. The first kappa shape index (κ1) is 24.2. The van der Waals surface area contributed by atoms with Gasteiger partial charge in [0.1, 0.15) is 5.76 Å². The number of aliphatic hydroxyl groups excluding tert-OH is 1. The van der Waals surface area contributed by atoms with Crippen molar-refractivity contribution in [1.82, 2.24) is 4.90 Å². The number of thiophene rings is 1. The molecule has 2 aromatic rings. The lowest BCUT2D eigenvalue weighted by Crippen LogP contribution is -2.33. The van der Waals surface area contributed by atoms with E-state index in [1.165, 1.54) is 16.2 Å². The van der Waals surface area contributed by atoms with E-state index in [9.17, 15) is 14.7 Å². The summed E-state index contributed by atoms with van der Waals surface area (Å²) in [7, 11) is 0. The van der Waals surface area contributed by atoms with Crippen LogP contribution in [0, 0.1) is 13.8 Å². The Bertz CT molecular complexity index is 1060. The Balaban J connectivity index is 2.16. The summed E-state index contributed by atoms with van der Waals surface area (Å²) in [6, 6.07) is 7.26. The zero-order valence-electron chi connectivity index (χ0n) is 20.0. The van der Waals surface area contributed by atoms with Crippen molar-refractivity contribution in [3.63, 3.8) is 0 Å². The van der Waals surface area contributed by atoms with E-state index in [-0.39, 0.29) is 29.4 Å². The molecule has 0 saturated carbocycles. The molecule has 1 aromatic carbocycles. The minimum Gasteiger partial charge on any atom is -0.507 e. The van der Waals surface area contributed by atoms with Gasteiger partial charge in [0.05, 0.1) is 24.3 Å². The topological polar surface area (TPSA) is 66.8 Å². The number of carbonyl (C=O) groups is 2. The summed E-state index contributed by atoms with van der Waals surface area (Å²) < 4.78 is 5.66. The third-order valence-corrected chi connectivity index (χ3v) is 6.90. The van der Waals surface area contributed by atoms with Crippen LogP contribution in [-0.2, 0) is 19.7 Å². The first-order valence-corrected chi connectivity index (χ1v) is 11.9. The lowest BCUT2D eigenvalue weighted by Gasteiger charge is -2.25. The van der Waals surface area contributed by atoms with Crippen molar-refractivity contribution < 1.29 is 19.4 Å². The monoisotopic (exact) mass is 455 g/mol. The molecule has 1 aromatic heterocycles. The second kappa shape index (κ2) is 9.20. The van der Waals surface area contributed by atoms with Crippen molar-refractivity contribution in [1.29, 1.82) is 0 Å². The first-order chi connectivity index (χ1) is 14.9. The van der Waals surface area contributed by atoms with Crippen molar-refractivity contribution in [2.24, 2.45) is 0 Å². The standard InChI is InChI=1S/C26H33NO4S/c1-15(2)31-12-11-27-21(24-17(4)10-13-32-24)20(23(29)25(27)30)22(28)19-14-18(26(5,6)7)9-8-16(19)3/h8-10,13-15,21,28H,11-12H2,1-7H3/b22-20+. The van der Waals surface area contributed by atoms with Crippen molar-refractivity contribution in [2.75, 3.05) is 13.2 Å². The summed E-state index contributed by atoms with van der Waals surface area (Å²) in [6.45, 7) is 14.6. The smallest absolute Gasteiger partial charge is 0.295 e. The molecule has 32 heavy (non-hydrogen) atoms. The highest BCUT2D eigenvalue weighted by Crippen LogP contribution is 2.43. The van der Waals surface area contributed by atoms with Crippen LogP contribution in [0.1, 0.15) is 67.8 Å². The van der Waals surface area contributed by atoms with E-state index in [2.05, 4.69) is 20.8 Å². The van der Waals surface area contributed by atoms with E-state index in [0.29, 0.717) is 12.2 Å². The fraction of sp³-hybridized carbons (Fsp3) is 0.462. The maximum absolute atomic E-state index is 13.2. The Kier molecular flexibility index (Phi) is 6.96. The van der Waals surface area contributed by atoms with Crippen LogP contribution in [0.3, 0.4) is 0 Å². The summed E-state index contributed by atoms with van der Waals surface area (Å²) in [5, 5.41) is 13.4. The second-order valence-electron chi connectivity index (χ2n) is 9.66. The van der Waals surface area contributed by atoms with E-state index in [1.54, 1.807) is 0 Å². The van der Waals surface area contributed by atoms with E-state index in [0.717, 1.165) is 21.6 Å². The highest BCUT2D eigenvalue weighted by atomic mass is 32.1. The predicted octanol–water partition coefficient (Wildman–Crippen LogP) is 5.51. The molecule has 1 amide bonds. The van der Waals surface area contributed by atoms with Crippen LogP contribution in [-0.4, -0.2) is 41.0 Å². The summed E-state index contributed by atoms with van der Waals surface area (Å²) in [6.07, 6.45) is 0.0246. The number of carbonyl (C=O) groups excluding carboxylic acids is 2. The summed E-state index contributed by atoms with van der Waals surface area (Å²) >= 11 is 1.49. The number of hydrogen-bond acceptors (Lipinski definition) is 5. The number of aliphatic hydroxyl groups is 1. The highest BCUT2D eigenvalue weighted by Gasteiger charge is 2.47. The molecular weight excluding hydrogens is 422 g/mol. The van der Waals surface area contributed by atoms with E-state index in [1.807, 2.05) is 57.3 Å². The van der Waals surface area contributed by atoms with Gasteiger partial charge in [-0.1, -0.05) is 32.9 Å². The van der Waals surface area contributed by atoms with E-state index in [4.69, 9.17) is 4.74 Å². The Labute approximate surface area is 194 Å². The average Bonchev–Trinajstić information content (AvgIpc) is 3.22. The zero-order chi connectivity index (χ0) is 23.8. The largest absolute Gasteiger partial charge is 0.507 e. The Morgan fingerprint density at radius 3 is 2.41 bits per heavy atom. The number of rotatable bonds is 6. The molecule has 0 spiro atoms. The summed E-state index contributed by atoms with van der Waals surface area (Å²) in [5.74, 6) is -1.36. The first-order valence-electron chi connectivity index (χ1n) is 11.0. The number of Topliss-reactive ketones (excluding diaryl/α,β-unsaturated/α-hetero) is 1. The Morgan fingerprint density at radius 2 is 1.84 bits per heavy atom. The molecule has 1 atom stereocenters. The Hall–Kier alpha value is -2.44. The summed E-state index contributed by atoms with van der Waals surface area (Å²) in [4.78, 5) is 28.7. The quantitative estimate of drug-likeness (QED) is 0.354. The summed E-state index contributed by atoms with van der Waals surface area (Å²) in [5.41, 5.74) is 3.52. The second-order valence-corrected chi connectivity index (χ2v) is 10.6. The fourth-order valence-corrected chi connectivity index (χ4v) is 4.97. The molecule has 1 aliphatic rings. The van der Waals surface area contributed by atoms with Gasteiger partial charge in [-0.25, -0.2) is 0 Å². The van der Waals surface area contributed by atoms with Crippen LogP contribution in [0.5, 0.6) is 0 Å². The van der Waals surface area contributed by atoms with Crippen molar-refractivity contribution in [3.05, 3.63) is 62.3 Å². The van der Waals surface area contributed by atoms with E-state index < -0.39 is 17.7 Å². The fourth-order valence-electron chi connectivity index (χ4n) is 3.92. The van der Waals surface area contributed by atoms with Crippen molar-refractivity contribution in [2.45, 2.75) is 66.0 Å². The molecule has 1 N–H and O–H groups in total. The molecule has 0 bridgehead atoms. The number of ketones is 1. The number of nitrogens with zero attached hydrogens (tertiary/aromatic N) is 1. The molecular formula is C26H33NO4S. The average molecular weight is 456 g/mol. The zero-order valence-corrected chi connectivity index (χ0v) is 20.8. The molecule has 1 aliphatic heterocycles. The van der Waals surface area contributed by atoms with Gasteiger partial charge in [-0.3, -0.25) is 9.59 Å². The molecule has 172 valence electrons. The van der Waals surface area contributed by atoms with Gasteiger partial charge in [-0.15, -0.1) is 11.3 Å². The maximum atomic E-state index is 13.2. The van der Waals surface area contributed by atoms with Crippen molar-refractivity contribution in [3.8, 4) is 0 Å². The van der Waals surface area contributed by atoms with E-state index >= 15 is 0 Å². The molecule has 0 radical (unpaired) electrons. The minimum absolute atomic E-state index is 0.0246. The molecule has 3 rings (SSSR count). The molecule has 1 fully saturated rings. The number of hydrogen-bond donors (Lipinski definition) is 1. The van der Waals surface area contributed by atoms with Crippen LogP contribution >= 0.6 is 11.3 Å². The normalized spacial score (nSPS) is 18.8. The molecule has 5 nitrogen and oxygen atoms in total. The molecule has 0 aliphatic carbocycles. The minimum atomic E-state index is -0.648. The van der Waals surface area contributed by atoms with Gasteiger partial charge < -0.3 is 14.7 Å². The Morgan fingerprint density at radius 1 is 1.16 bits per heavy atom. The third kappa shape index (κ3) is 4.66. The number of benzene rings is 1. The van der Waals surface area contributed by atoms with Gasteiger partial charge in [0, 0.05) is 17.0 Å². The van der Waals surface area contributed by atoms with Gasteiger partial charge in [-0.2, -0.15) is 0 Å². The number of ether oxygens (including phenoxy) is 1. The van der Waals surface area contributed by atoms with Crippen molar-refractivity contribution >= 4 is 28.8 Å². The van der Waals surface area contributed by atoms with Crippen LogP contribution in [0.25, 0.3) is 5.76 Å². The molecule has 1 unspecified atom stereocenters. The van der Waals surface area contributed by atoms with Crippen LogP contribution in [0.4, 0.5) is 0 Å². The van der Waals surface area contributed by atoms with Crippen LogP contribution in [0.15, 0.2) is 35.2 Å².